The van der Waals surface area contributed by atoms with Gasteiger partial charge in [-0.05, 0) is 63.6 Å². The minimum atomic E-state index is -1.02. The van der Waals surface area contributed by atoms with Gasteiger partial charge in [-0.3, -0.25) is 9.59 Å². The molecule has 0 bridgehead atoms. The molecule has 0 aliphatic rings. The number of fused-ring (bicyclic) bond motifs is 1. The summed E-state index contributed by atoms with van der Waals surface area (Å²) < 4.78 is 12.7. The van der Waals surface area contributed by atoms with Crippen LogP contribution in [-0.2, 0) is 22.7 Å². The Hall–Kier alpha value is -4.40. The maximum absolute atomic E-state index is 14.1. The van der Waals surface area contributed by atoms with E-state index in [1.165, 1.54) is 7.11 Å². The fraction of sp³-hybridized carbons (Fsp3) is 0.333. The van der Waals surface area contributed by atoms with Gasteiger partial charge in [0.05, 0.1) is 19.7 Å². The molecule has 0 unspecified atom stereocenters. The molecule has 1 aromatic heterocycles. The number of rotatable bonds is 9. The van der Waals surface area contributed by atoms with Gasteiger partial charge in [-0.1, -0.05) is 47.2 Å². The fourth-order valence-electron chi connectivity index (χ4n) is 4.41. The highest BCUT2D eigenvalue weighted by Gasteiger charge is 2.36. The first-order valence-electron chi connectivity index (χ1n) is 12.8. The van der Waals surface area contributed by atoms with Crippen molar-refractivity contribution in [3.8, 4) is 11.5 Å². The summed E-state index contributed by atoms with van der Waals surface area (Å²) in [6, 6.07) is 19.6. The van der Waals surface area contributed by atoms with Crippen LogP contribution in [-0.4, -0.2) is 51.5 Å². The summed E-state index contributed by atoms with van der Waals surface area (Å²) in [5.41, 5.74) is 3.38. The Balaban J connectivity index is 1.84. The number of para-hydroxylation sites is 1. The molecule has 0 spiro atoms. The van der Waals surface area contributed by atoms with Crippen molar-refractivity contribution in [3.05, 3.63) is 83.4 Å². The van der Waals surface area contributed by atoms with E-state index in [4.69, 9.17) is 9.47 Å². The molecule has 0 saturated carbocycles. The van der Waals surface area contributed by atoms with Gasteiger partial charge in [0.15, 0.2) is 0 Å². The van der Waals surface area contributed by atoms with Crippen molar-refractivity contribution >= 4 is 22.8 Å². The molecule has 204 valence electrons. The zero-order chi connectivity index (χ0) is 28.2. The Morgan fingerprint density at radius 2 is 1.72 bits per heavy atom. The van der Waals surface area contributed by atoms with Crippen LogP contribution in [0.25, 0.3) is 11.0 Å². The molecule has 1 atom stereocenters. The van der Waals surface area contributed by atoms with Crippen molar-refractivity contribution in [2.24, 2.45) is 0 Å². The Morgan fingerprint density at radius 3 is 2.38 bits per heavy atom. The van der Waals surface area contributed by atoms with Gasteiger partial charge in [0.25, 0.3) is 0 Å². The van der Waals surface area contributed by atoms with Crippen molar-refractivity contribution in [2.45, 2.75) is 52.4 Å². The standard InChI is InChI=1S/C30H35N5O4/c1-20-11-13-21(14-12-20)18-34(27(36)19-35-25-10-8-7-9-24(25)32-33-35)28(29(37)31-30(2,3)4)23-17-22(38-5)15-16-26(23)39-6/h7-17,28H,18-19H2,1-6H3,(H,31,37)/t28-/m0/s1. The number of amides is 2. The lowest BCUT2D eigenvalue weighted by Gasteiger charge is -2.34. The van der Waals surface area contributed by atoms with Crippen LogP contribution >= 0.6 is 0 Å². The predicted molar refractivity (Wildman–Crippen MR) is 149 cm³/mol. The van der Waals surface area contributed by atoms with Crippen molar-refractivity contribution in [1.29, 1.82) is 0 Å². The quantitative estimate of drug-likeness (QED) is 0.344. The van der Waals surface area contributed by atoms with E-state index in [9.17, 15) is 9.59 Å². The van der Waals surface area contributed by atoms with Gasteiger partial charge >= 0.3 is 0 Å². The summed E-state index contributed by atoms with van der Waals surface area (Å²) >= 11 is 0. The number of carbonyl (C=O) groups excluding carboxylic acids is 2. The molecule has 2 amide bonds. The average Bonchev–Trinajstić information content (AvgIpc) is 3.31. The predicted octanol–water partition coefficient (Wildman–Crippen LogP) is 4.44. The average molecular weight is 530 g/mol. The van der Waals surface area contributed by atoms with Crippen LogP contribution in [0.5, 0.6) is 11.5 Å². The van der Waals surface area contributed by atoms with Crippen LogP contribution in [0.3, 0.4) is 0 Å². The van der Waals surface area contributed by atoms with Crippen LogP contribution < -0.4 is 14.8 Å². The number of nitrogens with zero attached hydrogens (tertiary/aromatic N) is 4. The van der Waals surface area contributed by atoms with Gasteiger partial charge in [-0.2, -0.15) is 0 Å². The summed E-state index contributed by atoms with van der Waals surface area (Å²) in [5.74, 6) is 0.380. The summed E-state index contributed by atoms with van der Waals surface area (Å²) in [7, 11) is 3.10. The number of ether oxygens (including phenoxy) is 2. The number of nitrogens with one attached hydrogen (secondary N) is 1. The minimum absolute atomic E-state index is 0.0992. The Morgan fingerprint density at radius 1 is 1.00 bits per heavy atom. The lowest BCUT2D eigenvalue weighted by Crippen LogP contribution is -2.49. The van der Waals surface area contributed by atoms with Crippen molar-refractivity contribution in [3.63, 3.8) is 0 Å². The molecule has 0 saturated heterocycles. The highest BCUT2D eigenvalue weighted by atomic mass is 16.5. The minimum Gasteiger partial charge on any atom is -0.497 e. The third kappa shape index (κ3) is 6.54. The van der Waals surface area contributed by atoms with Crippen molar-refractivity contribution < 1.29 is 19.1 Å². The van der Waals surface area contributed by atoms with Gasteiger partial charge in [0, 0.05) is 17.6 Å². The van der Waals surface area contributed by atoms with E-state index in [0.717, 1.165) is 16.6 Å². The number of aryl methyl sites for hydroxylation is 1. The first-order chi connectivity index (χ1) is 18.6. The van der Waals surface area contributed by atoms with Crippen molar-refractivity contribution in [1.82, 2.24) is 25.2 Å². The summed E-state index contributed by atoms with van der Waals surface area (Å²) in [4.78, 5) is 29.7. The van der Waals surface area contributed by atoms with Crippen LogP contribution in [0.1, 0.15) is 43.5 Å². The third-order valence-electron chi connectivity index (χ3n) is 6.29. The van der Waals surface area contributed by atoms with E-state index < -0.39 is 11.6 Å². The Labute approximate surface area is 228 Å². The normalized spacial score (nSPS) is 12.2. The smallest absolute Gasteiger partial charge is 0.248 e. The number of hydrogen-bond donors (Lipinski definition) is 1. The second kappa shape index (κ2) is 11.6. The second-order valence-electron chi connectivity index (χ2n) is 10.5. The van der Waals surface area contributed by atoms with Crippen LogP contribution in [0.2, 0.25) is 0 Å². The zero-order valence-corrected chi connectivity index (χ0v) is 23.3. The summed E-state index contributed by atoms with van der Waals surface area (Å²) in [6.07, 6.45) is 0. The molecule has 0 fully saturated rings. The first-order valence-corrected chi connectivity index (χ1v) is 12.8. The molecular formula is C30H35N5O4. The maximum atomic E-state index is 14.1. The molecule has 0 radical (unpaired) electrons. The van der Waals surface area contributed by atoms with E-state index in [0.29, 0.717) is 22.6 Å². The molecule has 3 aromatic carbocycles. The number of hydrogen-bond acceptors (Lipinski definition) is 6. The summed E-state index contributed by atoms with van der Waals surface area (Å²) in [5, 5.41) is 11.5. The number of methoxy groups -OCH3 is 2. The highest BCUT2D eigenvalue weighted by Crippen LogP contribution is 2.35. The Bertz CT molecular complexity index is 1460. The maximum Gasteiger partial charge on any atom is 0.248 e. The number of aromatic nitrogens is 3. The van der Waals surface area contributed by atoms with Crippen LogP contribution in [0.15, 0.2) is 66.7 Å². The topological polar surface area (TPSA) is 98.6 Å². The Kier molecular flexibility index (Phi) is 8.18. The first kappa shape index (κ1) is 27.6. The van der Waals surface area contributed by atoms with E-state index in [2.05, 4.69) is 15.6 Å². The molecule has 1 N–H and O–H groups in total. The molecular weight excluding hydrogens is 494 g/mol. The molecule has 4 rings (SSSR count). The molecule has 1 heterocycles. The highest BCUT2D eigenvalue weighted by molar-refractivity contribution is 5.90. The zero-order valence-electron chi connectivity index (χ0n) is 23.3. The molecule has 0 aliphatic heterocycles. The van der Waals surface area contributed by atoms with Crippen LogP contribution in [0, 0.1) is 6.92 Å². The molecule has 4 aromatic rings. The SMILES string of the molecule is COc1ccc(OC)c([C@@H](C(=O)NC(C)(C)C)N(Cc2ccc(C)cc2)C(=O)Cn2nnc3ccccc32)c1. The summed E-state index contributed by atoms with van der Waals surface area (Å²) in [6.45, 7) is 7.80. The number of benzene rings is 3. The third-order valence-corrected chi connectivity index (χ3v) is 6.29. The van der Waals surface area contributed by atoms with Gasteiger partial charge < -0.3 is 19.7 Å². The van der Waals surface area contributed by atoms with Crippen LogP contribution in [0.4, 0.5) is 0 Å². The monoisotopic (exact) mass is 529 g/mol. The van der Waals surface area contributed by atoms with E-state index in [1.54, 1.807) is 34.9 Å². The number of carbonyl (C=O) groups is 2. The lowest BCUT2D eigenvalue weighted by atomic mass is 9.99. The lowest BCUT2D eigenvalue weighted by molar-refractivity contribution is -0.142. The van der Waals surface area contributed by atoms with Gasteiger partial charge in [0.2, 0.25) is 11.8 Å². The molecule has 9 heteroatoms. The largest absolute Gasteiger partial charge is 0.497 e. The van der Waals surface area contributed by atoms with Gasteiger partial charge in [-0.25, -0.2) is 4.68 Å². The van der Waals surface area contributed by atoms with E-state index in [1.807, 2.05) is 76.2 Å². The van der Waals surface area contributed by atoms with Gasteiger partial charge in [0.1, 0.15) is 29.6 Å². The van der Waals surface area contributed by atoms with E-state index in [-0.39, 0.29) is 24.9 Å². The van der Waals surface area contributed by atoms with E-state index >= 15 is 0 Å². The fourth-order valence-corrected chi connectivity index (χ4v) is 4.41. The molecule has 9 nitrogen and oxygen atoms in total. The van der Waals surface area contributed by atoms with Crippen molar-refractivity contribution in [2.75, 3.05) is 14.2 Å². The molecule has 0 aliphatic carbocycles. The second-order valence-corrected chi connectivity index (χ2v) is 10.5. The molecule has 39 heavy (non-hydrogen) atoms. The van der Waals surface area contributed by atoms with Gasteiger partial charge in [-0.15, -0.1) is 5.10 Å².